The van der Waals surface area contributed by atoms with Crippen molar-refractivity contribution in [1.29, 1.82) is 0 Å². The van der Waals surface area contributed by atoms with Crippen molar-refractivity contribution in [2.45, 2.75) is 32.2 Å². The fourth-order valence-electron chi connectivity index (χ4n) is 4.09. The average Bonchev–Trinajstić information content (AvgIpc) is 3.43. The Hall–Kier alpha value is -2.83. The van der Waals surface area contributed by atoms with Gasteiger partial charge in [0.15, 0.2) is 17.0 Å². The van der Waals surface area contributed by atoms with Gasteiger partial charge < -0.3 is 19.5 Å². The van der Waals surface area contributed by atoms with Crippen LogP contribution in [0.3, 0.4) is 0 Å². The summed E-state index contributed by atoms with van der Waals surface area (Å²) in [5.41, 5.74) is 2.77. The minimum atomic E-state index is 0.280. The Bertz CT molecular complexity index is 956. The average molecular weight is 364 g/mol. The number of imidazole rings is 1. The maximum absolute atomic E-state index is 9.77. The van der Waals surface area contributed by atoms with E-state index < -0.39 is 0 Å². The molecular weight excluding hydrogens is 340 g/mol. The highest BCUT2D eigenvalue weighted by Crippen LogP contribution is 2.29. The van der Waals surface area contributed by atoms with Crippen LogP contribution in [-0.4, -0.2) is 50.8 Å². The second-order valence-corrected chi connectivity index (χ2v) is 7.45. The third-order valence-electron chi connectivity index (χ3n) is 5.49. The molecule has 140 valence electrons. The number of anilines is 2. The Kier molecular flexibility index (Phi) is 4.07. The number of phenolic OH excluding ortho intramolecular Hbond substituents is 1. The smallest absolute Gasteiger partial charge is 0.229 e. The fourth-order valence-corrected chi connectivity index (χ4v) is 4.09. The van der Waals surface area contributed by atoms with Gasteiger partial charge in [-0.1, -0.05) is 12.1 Å². The van der Waals surface area contributed by atoms with Crippen LogP contribution < -0.4 is 9.80 Å². The van der Waals surface area contributed by atoms with Gasteiger partial charge in [0.25, 0.3) is 0 Å². The second-order valence-electron chi connectivity index (χ2n) is 7.45. The number of benzene rings is 1. The van der Waals surface area contributed by atoms with E-state index in [1.165, 1.54) is 25.7 Å². The standard InChI is InChI=1S/C20H24N6O/c27-16-7-5-6-15(12-16)13-26-14-21-17-18(24-8-1-2-9-24)22-20(23-19(17)26)25-10-3-4-11-25/h5-7,12,14,27H,1-4,8-11,13H2. The Morgan fingerprint density at radius 1 is 0.926 bits per heavy atom. The molecule has 27 heavy (non-hydrogen) atoms. The quantitative estimate of drug-likeness (QED) is 0.768. The van der Waals surface area contributed by atoms with Gasteiger partial charge in [0.05, 0.1) is 12.9 Å². The van der Waals surface area contributed by atoms with Crippen LogP contribution in [-0.2, 0) is 6.54 Å². The number of rotatable bonds is 4. The first-order valence-electron chi connectivity index (χ1n) is 9.78. The van der Waals surface area contributed by atoms with Gasteiger partial charge in [-0.05, 0) is 43.4 Å². The van der Waals surface area contributed by atoms with Gasteiger partial charge in [-0.3, -0.25) is 0 Å². The number of hydrogen-bond donors (Lipinski definition) is 1. The van der Waals surface area contributed by atoms with Crippen LogP contribution >= 0.6 is 0 Å². The van der Waals surface area contributed by atoms with E-state index in [0.717, 1.165) is 54.7 Å². The molecule has 2 fully saturated rings. The molecule has 3 aromatic rings. The van der Waals surface area contributed by atoms with E-state index in [2.05, 4.69) is 19.4 Å². The lowest BCUT2D eigenvalue weighted by molar-refractivity contribution is 0.474. The molecule has 2 aliphatic rings. The van der Waals surface area contributed by atoms with Crippen LogP contribution in [0.2, 0.25) is 0 Å². The molecule has 2 saturated heterocycles. The Balaban J connectivity index is 1.59. The minimum absolute atomic E-state index is 0.280. The van der Waals surface area contributed by atoms with Crippen LogP contribution in [0.25, 0.3) is 11.2 Å². The Labute approximate surface area is 158 Å². The fraction of sp³-hybridized carbons (Fsp3) is 0.450. The van der Waals surface area contributed by atoms with E-state index in [9.17, 15) is 5.11 Å². The number of fused-ring (bicyclic) bond motifs is 1. The molecule has 0 amide bonds. The molecule has 7 nitrogen and oxygen atoms in total. The SMILES string of the molecule is Oc1cccc(Cn2cnc3c(N4CCCC4)nc(N4CCCC4)nc32)c1. The van der Waals surface area contributed by atoms with Gasteiger partial charge in [-0.25, -0.2) is 4.98 Å². The van der Waals surface area contributed by atoms with Crippen molar-refractivity contribution in [2.24, 2.45) is 0 Å². The molecule has 2 aromatic heterocycles. The molecule has 0 radical (unpaired) electrons. The Morgan fingerprint density at radius 2 is 1.67 bits per heavy atom. The molecule has 0 aliphatic carbocycles. The molecule has 0 saturated carbocycles. The molecular formula is C20H24N6O. The minimum Gasteiger partial charge on any atom is -0.508 e. The second kappa shape index (κ2) is 6.72. The maximum Gasteiger partial charge on any atom is 0.229 e. The van der Waals surface area contributed by atoms with Gasteiger partial charge in [0.2, 0.25) is 5.95 Å². The van der Waals surface area contributed by atoms with Gasteiger partial charge >= 0.3 is 0 Å². The third kappa shape index (κ3) is 3.07. The molecule has 7 heteroatoms. The zero-order valence-electron chi connectivity index (χ0n) is 15.4. The lowest BCUT2D eigenvalue weighted by Crippen LogP contribution is -2.24. The highest BCUT2D eigenvalue weighted by Gasteiger charge is 2.24. The summed E-state index contributed by atoms with van der Waals surface area (Å²) in [4.78, 5) is 19.1. The van der Waals surface area contributed by atoms with Crippen LogP contribution in [0.4, 0.5) is 11.8 Å². The van der Waals surface area contributed by atoms with Crippen molar-refractivity contribution >= 4 is 22.9 Å². The van der Waals surface area contributed by atoms with E-state index >= 15 is 0 Å². The topological polar surface area (TPSA) is 70.3 Å². The van der Waals surface area contributed by atoms with Crippen LogP contribution in [0, 0.1) is 0 Å². The van der Waals surface area contributed by atoms with E-state index in [0.29, 0.717) is 6.54 Å². The van der Waals surface area contributed by atoms with Crippen molar-refractivity contribution in [2.75, 3.05) is 36.0 Å². The summed E-state index contributed by atoms with van der Waals surface area (Å²) in [6.45, 7) is 4.73. The van der Waals surface area contributed by atoms with E-state index in [1.807, 2.05) is 18.5 Å². The summed E-state index contributed by atoms with van der Waals surface area (Å²) in [6, 6.07) is 7.35. The zero-order valence-corrected chi connectivity index (χ0v) is 15.4. The van der Waals surface area contributed by atoms with Gasteiger partial charge in [-0.2, -0.15) is 9.97 Å². The first-order valence-corrected chi connectivity index (χ1v) is 9.78. The summed E-state index contributed by atoms with van der Waals surface area (Å²) in [5.74, 6) is 2.07. The molecule has 4 heterocycles. The van der Waals surface area contributed by atoms with Crippen LogP contribution in [0.5, 0.6) is 5.75 Å². The Morgan fingerprint density at radius 3 is 2.41 bits per heavy atom. The summed E-state index contributed by atoms with van der Waals surface area (Å²) in [5, 5.41) is 9.77. The number of hydrogen-bond acceptors (Lipinski definition) is 6. The summed E-state index contributed by atoms with van der Waals surface area (Å²) >= 11 is 0. The van der Waals surface area contributed by atoms with Gasteiger partial charge in [-0.15, -0.1) is 0 Å². The van der Waals surface area contributed by atoms with Crippen molar-refractivity contribution < 1.29 is 5.11 Å². The van der Waals surface area contributed by atoms with Gasteiger partial charge in [0.1, 0.15) is 5.75 Å². The van der Waals surface area contributed by atoms with Crippen molar-refractivity contribution in [1.82, 2.24) is 19.5 Å². The van der Waals surface area contributed by atoms with E-state index in [4.69, 9.17) is 9.97 Å². The molecule has 0 bridgehead atoms. The molecule has 1 aromatic carbocycles. The van der Waals surface area contributed by atoms with Crippen molar-refractivity contribution in [3.05, 3.63) is 36.2 Å². The maximum atomic E-state index is 9.77. The summed E-state index contributed by atoms with van der Waals surface area (Å²) in [7, 11) is 0. The lowest BCUT2D eigenvalue weighted by Gasteiger charge is -2.21. The van der Waals surface area contributed by atoms with Crippen LogP contribution in [0.15, 0.2) is 30.6 Å². The first kappa shape index (κ1) is 16.4. The highest BCUT2D eigenvalue weighted by atomic mass is 16.3. The van der Waals surface area contributed by atoms with Gasteiger partial charge in [0, 0.05) is 26.2 Å². The summed E-state index contributed by atoms with van der Waals surface area (Å²) in [6.07, 6.45) is 6.64. The largest absolute Gasteiger partial charge is 0.508 e. The molecule has 0 atom stereocenters. The molecule has 1 N–H and O–H groups in total. The predicted molar refractivity (Wildman–Crippen MR) is 105 cm³/mol. The molecule has 0 spiro atoms. The highest BCUT2D eigenvalue weighted by molar-refractivity contribution is 5.85. The molecule has 5 rings (SSSR count). The normalized spacial score (nSPS) is 17.3. The van der Waals surface area contributed by atoms with E-state index in [-0.39, 0.29) is 5.75 Å². The molecule has 2 aliphatic heterocycles. The number of aromatic hydroxyl groups is 1. The lowest BCUT2D eigenvalue weighted by atomic mass is 10.2. The third-order valence-corrected chi connectivity index (χ3v) is 5.49. The monoisotopic (exact) mass is 364 g/mol. The number of phenols is 1. The van der Waals surface area contributed by atoms with Crippen molar-refractivity contribution in [3.63, 3.8) is 0 Å². The van der Waals surface area contributed by atoms with E-state index in [1.54, 1.807) is 12.1 Å². The van der Waals surface area contributed by atoms with Crippen LogP contribution in [0.1, 0.15) is 31.2 Å². The first-order chi connectivity index (χ1) is 13.3. The number of aromatic nitrogens is 4. The number of nitrogens with zero attached hydrogens (tertiary/aromatic N) is 6. The summed E-state index contributed by atoms with van der Waals surface area (Å²) < 4.78 is 2.06. The molecule has 0 unspecified atom stereocenters. The zero-order chi connectivity index (χ0) is 18.2. The van der Waals surface area contributed by atoms with Crippen molar-refractivity contribution in [3.8, 4) is 5.75 Å². The predicted octanol–water partition coefficient (Wildman–Crippen LogP) is 2.78.